The van der Waals surface area contributed by atoms with Crippen molar-refractivity contribution in [1.29, 1.82) is 0 Å². The van der Waals surface area contributed by atoms with E-state index in [0.29, 0.717) is 0 Å². The van der Waals surface area contributed by atoms with E-state index in [1.165, 1.54) is 30.7 Å². The molecule has 0 aromatic heterocycles. The van der Waals surface area contributed by atoms with Gasteiger partial charge in [-0.3, -0.25) is 0 Å². The highest BCUT2D eigenvalue weighted by atomic mass is 32.2. The van der Waals surface area contributed by atoms with Gasteiger partial charge < -0.3 is 5.32 Å². The van der Waals surface area contributed by atoms with Crippen molar-refractivity contribution in [3.8, 4) is 0 Å². The molecule has 3 heteroatoms. The zero-order chi connectivity index (χ0) is 10.5. The summed E-state index contributed by atoms with van der Waals surface area (Å²) in [5, 5.41) is 4.20. The van der Waals surface area contributed by atoms with Gasteiger partial charge in [0.1, 0.15) is 5.82 Å². The lowest BCUT2D eigenvalue weighted by Gasteiger charge is -2.09. The zero-order valence-electron chi connectivity index (χ0n) is 8.71. The molecule has 1 saturated heterocycles. The van der Waals surface area contributed by atoms with Crippen LogP contribution in [-0.4, -0.2) is 17.5 Å². The quantitative estimate of drug-likeness (QED) is 0.845. The maximum absolute atomic E-state index is 12.6. The number of hydrogen-bond acceptors (Lipinski definition) is 2. The third-order valence-corrected chi connectivity index (χ3v) is 4.04. The number of benzene rings is 1. The lowest BCUT2D eigenvalue weighted by molar-refractivity contribution is 0.622. The van der Waals surface area contributed by atoms with Crippen LogP contribution in [0.1, 0.15) is 18.4 Å². The highest BCUT2D eigenvalue weighted by molar-refractivity contribution is 8.00. The summed E-state index contributed by atoms with van der Waals surface area (Å²) in [6.07, 6.45) is 2.69. The molecule has 1 aromatic rings. The fraction of sp³-hybridized carbons (Fsp3) is 0.500. The van der Waals surface area contributed by atoms with Crippen molar-refractivity contribution in [2.75, 3.05) is 12.3 Å². The summed E-state index contributed by atoms with van der Waals surface area (Å²) in [4.78, 5) is 0. The topological polar surface area (TPSA) is 12.0 Å². The van der Waals surface area contributed by atoms with E-state index in [4.69, 9.17) is 0 Å². The average Bonchev–Trinajstić information content (AvgIpc) is 2.74. The van der Waals surface area contributed by atoms with Crippen LogP contribution in [0.5, 0.6) is 0 Å². The summed E-state index contributed by atoms with van der Waals surface area (Å²) in [5.74, 6) is 1.15. The summed E-state index contributed by atoms with van der Waals surface area (Å²) in [7, 11) is 0. The Morgan fingerprint density at radius 3 is 2.80 bits per heavy atom. The van der Waals surface area contributed by atoms with Crippen molar-refractivity contribution in [2.24, 2.45) is 0 Å². The van der Waals surface area contributed by atoms with Crippen LogP contribution in [0.4, 0.5) is 4.39 Å². The van der Waals surface area contributed by atoms with Gasteiger partial charge in [-0.2, -0.15) is 11.8 Å². The third kappa shape index (κ3) is 3.50. The molecule has 0 aliphatic carbocycles. The summed E-state index contributed by atoms with van der Waals surface area (Å²) in [6, 6.07) is 6.71. The van der Waals surface area contributed by atoms with Crippen molar-refractivity contribution < 1.29 is 4.39 Å². The van der Waals surface area contributed by atoms with Crippen LogP contribution in [0.25, 0.3) is 0 Å². The maximum Gasteiger partial charge on any atom is 0.123 e. The Hall–Kier alpha value is -0.540. The first kappa shape index (κ1) is 11.0. The molecule has 0 amide bonds. The Morgan fingerprint density at radius 1 is 1.33 bits per heavy atom. The van der Waals surface area contributed by atoms with E-state index < -0.39 is 0 Å². The second-order valence-corrected chi connectivity index (χ2v) is 5.30. The second-order valence-electron chi connectivity index (χ2n) is 3.89. The monoisotopic (exact) mass is 225 g/mol. The van der Waals surface area contributed by atoms with E-state index in [1.807, 2.05) is 12.1 Å². The number of nitrogens with one attached hydrogen (secondary N) is 1. The van der Waals surface area contributed by atoms with Crippen molar-refractivity contribution >= 4 is 11.8 Å². The molecule has 1 aromatic carbocycles. The minimum Gasteiger partial charge on any atom is -0.312 e. The van der Waals surface area contributed by atoms with E-state index in [9.17, 15) is 4.39 Å². The van der Waals surface area contributed by atoms with Gasteiger partial charge in [0.2, 0.25) is 0 Å². The summed E-state index contributed by atoms with van der Waals surface area (Å²) < 4.78 is 12.6. The summed E-state index contributed by atoms with van der Waals surface area (Å²) >= 11 is 2.06. The van der Waals surface area contributed by atoms with Gasteiger partial charge in [0.25, 0.3) is 0 Å². The zero-order valence-corrected chi connectivity index (χ0v) is 9.52. The fourth-order valence-corrected chi connectivity index (χ4v) is 3.02. The highest BCUT2D eigenvalue weighted by Crippen LogP contribution is 2.25. The predicted octanol–water partition coefficient (Wildman–Crippen LogP) is 2.81. The molecular formula is C12H16FNS. The molecule has 1 atom stereocenters. The second kappa shape index (κ2) is 5.52. The Bertz CT molecular complexity index is 293. The van der Waals surface area contributed by atoms with Gasteiger partial charge in [-0.05, 0) is 36.3 Å². The van der Waals surface area contributed by atoms with Crippen LogP contribution >= 0.6 is 11.8 Å². The lowest BCUT2D eigenvalue weighted by atomic mass is 10.2. The standard InChI is InChI=1S/C12H16FNS/c13-11-5-3-10(4-6-11)8-14-9-12-2-1-7-15-12/h3-6,12,14H,1-2,7-9H2. The SMILES string of the molecule is Fc1ccc(CNCC2CCCS2)cc1. The van der Waals surface area contributed by atoms with Gasteiger partial charge in [-0.25, -0.2) is 4.39 Å². The fourth-order valence-electron chi connectivity index (χ4n) is 1.79. The molecule has 0 spiro atoms. The summed E-state index contributed by atoms with van der Waals surface area (Å²) in [6.45, 7) is 1.92. The molecular weight excluding hydrogens is 209 g/mol. The molecule has 1 aliphatic heterocycles. The molecule has 15 heavy (non-hydrogen) atoms. The van der Waals surface area contributed by atoms with E-state index >= 15 is 0 Å². The van der Waals surface area contributed by atoms with Crippen LogP contribution in [0.3, 0.4) is 0 Å². The van der Waals surface area contributed by atoms with E-state index in [1.54, 1.807) is 0 Å². The largest absolute Gasteiger partial charge is 0.312 e. The molecule has 0 saturated carbocycles. The van der Waals surface area contributed by atoms with Crippen molar-refractivity contribution in [1.82, 2.24) is 5.32 Å². The Kier molecular flexibility index (Phi) is 4.03. The van der Waals surface area contributed by atoms with E-state index in [-0.39, 0.29) is 5.82 Å². The Morgan fingerprint density at radius 2 is 2.13 bits per heavy atom. The molecule has 82 valence electrons. The van der Waals surface area contributed by atoms with Gasteiger partial charge >= 0.3 is 0 Å². The normalized spacial score (nSPS) is 20.7. The number of halogens is 1. The number of thioether (sulfide) groups is 1. The van der Waals surface area contributed by atoms with E-state index in [0.717, 1.165) is 23.9 Å². The van der Waals surface area contributed by atoms with Gasteiger partial charge in [0.15, 0.2) is 0 Å². The average molecular weight is 225 g/mol. The number of hydrogen-bond donors (Lipinski definition) is 1. The van der Waals surface area contributed by atoms with Crippen LogP contribution in [0.2, 0.25) is 0 Å². The molecule has 1 nitrogen and oxygen atoms in total. The van der Waals surface area contributed by atoms with Crippen LogP contribution < -0.4 is 5.32 Å². The lowest BCUT2D eigenvalue weighted by Crippen LogP contribution is -2.22. The minimum atomic E-state index is -0.162. The molecule has 1 unspecified atom stereocenters. The van der Waals surface area contributed by atoms with Gasteiger partial charge in [-0.15, -0.1) is 0 Å². The molecule has 1 fully saturated rings. The van der Waals surface area contributed by atoms with Crippen molar-refractivity contribution in [2.45, 2.75) is 24.6 Å². The van der Waals surface area contributed by atoms with Gasteiger partial charge in [-0.1, -0.05) is 12.1 Å². The predicted molar refractivity (Wildman–Crippen MR) is 63.6 cm³/mol. The van der Waals surface area contributed by atoms with Crippen LogP contribution in [-0.2, 0) is 6.54 Å². The van der Waals surface area contributed by atoms with Crippen LogP contribution in [0.15, 0.2) is 24.3 Å². The molecule has 1 heterocycles. The summed E-state index contributed by atoms with van der Waals surface area (Å²) in [5.41, 5.74) is 1.15. The molecule has 1 N–H and O–H groups in total. The highest BCUT2D eigenvalue weighted by Gasteiger charge is 2.14. The van der Waals surface area contributed by atoms with Gasteiger partial charge in [0.05, 0.1) is 0 Å². The molecule has 0 bridgehead atoms. The van der Waals surface area contributed by atoms with Gasteiger partial charge in [0, 0.05) is 18.3 Å². The van der Waals surface area contributed by atoms with E-state index in [2.05, 4.69) is 17.1 Å². The molecule has 2 rings (SSSR count). The number of rotatable bonds is 4. The smallest absolute Gasteiger partial charge is 0.123 e. The molecule has 1 aliphatic rings. The van der Waals surface area contributed by atoms with Crippen molar-refractivity contribution in [3.63, 3.8) is 0 Å². The first-order valence-corrected chi connectivity index (χ1v) is 6.46. The first-order valence-electron chi connectivity index (χ1n) is 5.41. The first-order chi connectivity index (χ1) is 7.34. The minimum absolute atomic E-state index is 0.162. The van der Waals surface area contributed by atoms with Crippen molar-refractivity contribution in [3.05, 3.63) is 35.6 Å². The third-order valence-electron chi connectivity index (χ3n) is 2.64. The Balaban J connectivity index is 1.71. The Labute approximate surface area is 94.5 Å². The van der Waals surface area contributed by atoms with Crippen LogP contribution in [0, 0.1) is 5.82 Å². The molecule has 0 radical (unpaired) electrons. The maximum atomic E-state index is 12.6.